The van der Waals surface area contributed by atoms with Crippen molar-refractivity contribution in [3.05, 3.63) is 58.9 Å². The van der Waals surface area contributed by atoms with E-state index < -0.39 is 17.6 Å². The fourth-order valence-corrected chi connectivity index (χ4v) is 1.84. The zero-order valence-corrected chi connectivity index (χ0v) is 9.69. The summed E-state index contributed by atoms with van der Waals surface area (Å²) < 4.78 is 50.1. The maximum absolute atomic E-state index is 12.7. The second kappa shape index (κ2) is 4.61. The maximum atomic E-state index is 12.7. The van der Waals surface area contributed by atoms with Gasteiger partial charge in [-0.1, -0.05) is 29.8 Å². The highest BCUT2D eigenvalue weighted by molar-refractivity contribution is 6.33. The van der Waals surface area contributed by atoms with Crippen molar-refractivity contribution in [2.24, 2.45) is 0 Å². The van der Waals surface area contributed by atoms with Crippen LogP contribution >= 0.6 is 11.6 Å². The largest absolute Gasteiger partial charge is 0.416 e. The Balaban J connectivity index is 2.45. The Morgan fingerprint density at radius 2 is 1.50 bits per heavy atom. The molecule has 0 amide bonds. The van der Waals surface area contributed by atoms with Crippen molar-refractivity contribution >= 4 is 11.6 Å². The standard InChI is InChI=1S/C13H7ClF4/c14-12-7-9(13(16,17)18)3-6-11(12)8-1-4-10(15)5-2-8/h1-7H. The summed E-state index contributed by atoms with van der Waals surface area (Å²) in [5.41, 5.74) is 0.193. The number of rotatable bonds is 1. The van der Waals surface area contributed by atoms with E-state index in [1.165, 1.54) is 30.3 Å². The van der Waals surface area contributed by atoms with Gasteiger partial charge in [0.2, 0.25) is 0 Å². The van der Waals surface area contributed by atoms with Gasteiger partial charge in [-0.05, 0) is 29.8 Å². The monoisotopic (exact) mass is 274 g/mol. The average Bonchev–Trinajstić information content (AvgIpc) is 2.29. The van der Waals surface area contributed by atoms with Crippen LogP contribution in [-0.2, 0) is 6.18 Å². The smallest absolute Gasteiger partial charge is 0.207 e. The van der Waals surface area contributed by atoms with Gasteiger partial charge in [-0.3, -0.25) is 0 Å². The molecule has 2 aromatic carbocycles. The van der Waals surface area contributed by atoms with Crippen LogP contribution < -0.4 is 0 Å². The van der Waals surface area contributed by atoms with E-state index in [0.29, 0.717) is 11.1 Å². The molecule has 0 aliphatic rings. The van der Waals surface area contributed by atoms with Crippen molar-refractivity contribution in [3.8, 4) is 11.1 Å². The average molecular weight is 275 g/mol. The summed E-state index contributed by atoms with van der Waals surface area (Å²) in [4.78, 5) is 0. The van der Waals surface area contributed by atoms with Gasteiger partial charge in [0.25, 0.3) is 0 Å². The van der Waals surface area contributed by atoms with E-state index in [4.69, 9.17) is 11.6 Å². The Kier molecular flexibility index (Phi) is 3.30. The van der Waals surface area contributed by atoms with Crippen LogP contribution in [0.2, 0.25) is 5.02 Å². The van der Waals surface area contributed by atoms with Gasteiger partial charge in [0, 0.05) is 10.6 Å². The minimum absolute atomic E-state index is 0.0172. The predicted molar refractivity (Wildman–Crippen MR) is 61.8 cm³/mol. The van der Waals surface area contributed by atoms with Gasteiger partial charge in [-0.2, -0.15) is 13.2 Å². The van der Waals surface area contributed by atoms with Crippen LogP contribution in [0.15, 0.2) is 42.5 Å². The Morgan fingerprint density at radius 3 is 2.00 bits per heavy atom. The lowest BCUT2D eigenvalue weighted by atomic mass is 10.0. The van der Waals surface area contributed by atoms with Crippen molar-refractivity contribution in [3.63, 3.8) is 0 Å². The lowest BCUT2D eigenvalue weighted by Gasteiger charge is -2.10. The summed E-state index contributed by atoms with van der Waals surface area (Å²) in [6, 6.07) is 8.46. The molecule has 0 spiro atoms. The molecule has 0 radical (unpaired) electrons. The van der Waals surface area contributed by atoms with Crippen molar-refractivity contribution < 1.29 is 17.6 Å². The highest BCUT2D eigenvalue weighted by Crippen LogP contribution is 2.35. The third-order valence-corrected chi connectivity index (χ3v) is 2.76. The third kappa shape index (κ3) is 2.64. The van der Waals surface area contributed by atoms with E-state index >= 15 is 0 Å². The topological polar surface area (TPSA) is 0 Å². The highest BCUT2D eigenvalue weighted by atomic mass is 35.5. The third-order valence-electron chi connectivity index (χ3n) is 2.45. The predicted octanol–water partition coefficient (Wildman–Crippen LogP) is 5.16. The first-order valence-corrected chi connectivity index (χ1v) is 5.38. The van der Waals surface area contributed by atoms with Crippen LogP contribution in [0.3, 0.4) is 0 Å². The Morgan fingerprint density at radius 1 is 0.889 bits per heavy atom. The summed E-state index contributed by atoms with van der Waals surface area (Å²) in [5, 5.41) is -0.0172. The summed E-state index contributed by atoms with van der Waals surface area (Å²) in [6.07, 6.45) is -4.43. The second-order valence-corrected chi connectivity index (χ2v) is 4.11. The van der Waals surface area contributed by atoms with Crippen LogP contribution in [0.4, 0.5) is 17.6 Å². The zero-order chi connectivity index (χ0) is 13.3. The molecule has 0 fully saturated rings. The van der Waals surface area contributed by atoms with Gasteiger partial charge in [-0.15, -0.1) is 0 Å². The number of benzene rings is 2. The molecule has 0 aromatic heterocycles. The lowest BCUT2D eigenvalue weighted by Crippen LogP contribution is -2.04. The van der Waals surface area contributed by atoms with Gasteiger partial charge in [-0.25, -0.2) is 4.39 Å². The molecular weight excluding hydrogens is 268 g/mol. The molecule has 0 aliphatic carbocycles. The Hall–Kier alpha value is -1.55. The molecule has 2 rings (SSSR count). The number of hydrogen-bond acceptors (Lipinski definition) is 0. The number of alkyl halides is 3. The molecule has 0 unspecified atom stereocenters. The first kappa shape index (κ1) is 12.9. The van der Waals surface area contributed by atoms with Crippen LogP contribution in [0, 0.1) is 5.82 Å². The van der Waals surface area contributed by atoms with Gasteiger partial charge in [0.05, 0.1) is 5.56 Å². The highest BCUT2D eigenvalue weighted by Gasteiger charge is 2.30. The summed E-state index contributed by atoms with van der Waals surface area (Å²) >= 11 is 5.82. The fourth-order valence-electron chi connectivity index (χ4n) is 1.55. The molecular formula is C13H7ClF4. The summed E-state index contributed by atoms with van der Waals surface area (Å²) in [7, 11) is 0. The quantitative estimate of drug-likeness (QED) is 0.630. The van der Waals surface area contributed by atoms with E-state index in [1.54, 1.807) is 0 Å². The molecule has 0 aliphatic heterocycles. The van der Waals surface area contributed by atoms with Crippen molar-refractivity contribution in [1.82, 2.24) is 0 Å². The second-order valence-electron chi connectivity index (χ2n) is 3.70. The van der Waals surface area contributed by atoms with Gasteiger partial charge >= 0.3 is 6.18 Å². The van der Waals surface area contributed by atoms with Crippen molar-refractivity contribution in [1.29, 1.82) is 0 Å². The first-order valence-electron chi connectivity index (χ1n) is 5.00. The van der Waals surface area contributed by atoms with Crippen LogP contribution in [0.25, 0.3) is 11.1 Å². The molecule has 2 aromatic rings. The molecule has 0 N–H and O–H groups in total. The van der Waals surface area contributed by atoms with E-state index in [-0.39, 0.29) is 5.02 Å². The molecule has 0 atom stereocenters. The van der Waals surface area contributed by atoms with Crippen molar-refractivity contribution in [2.45, 2.75) is 6.18 Å². The van der Waals surface area contributed by atoms with Gasteiger partial charge < -0.3 is 0 Å². The van der Waals surface area contributed by atoms with Crippen LogP contribution in [-0.4, -0.2) is 0 Å². The SMILES string of the molecule is Fc1ccc(-c2ccc(C(F)(F)F)cc2Cl)cc1. The Bertz CT molecular complexity index is 558. The Labute approximate surface area is 106 Å². The molecule has 0 bridgehead atoms. The van der Waals surface area contributed by atoms with E-state index in [1.807, 2.05) is 0 Å². The molecule has 5 heteroatoms. The minimum atomic E-state index is -4.43. The minimum Gasteiger partial charge on any atom is -0.207 e. The van der Waals surface area contributed by atoms with Crippen LogP contribution in [0.1, 0.15) is 5.56 Å². The zero-order valence-electron chi connectivity index (χ0n) is 8.93. The molecule has 0 heterocycles. The number of halogens is 5. The molecule has 0 saturated carbocycles. The molecule has 18 heavy (non-hydrogen) atoms. The molecule has 94 valence electrons. The maximum Gasteiger partial charge on any atom is 0.416 e. The lowest BCUT2D eigenvalue weighted by molar-refractivity contribution is -0.137. The van der Waals surface area contributed by atoms with Gasteiger partial charge in [0.15, 0.2) is 0 Å². The number of hydrogen-bond donors (Lipinski definition) is 0. The van der Waals surface area contributed by atoms with Crippen LogP contribution in [0.5, 0.6) is 0 Å². The van der Waals surface area contributed by atoms with Gasteiger partial charge in [0.1, 0.15) is 5.82 Å². The van der Waals surface area contributed by atoms with Crippen molar-refractivity contribution in [2.75, 3.05) is 0 Å². The summed E-state index contributed by atoms with van der Waals surface area (Å²) in [5.74, 6) is -0.415. The van der Waals surface area contributed by atoms with E-state index in [9.17, 15) is 17.6 Å². The van der Waals surface area contributed by atoms with E-state index in [0.717, 1.165) is 12.1 Å². The van der Waals surface area contributed by atoms with E-state index in [2.05, 4.69) is 0 Å². The normalized spacial score (nSPS) is 11.6. The fraction of sp³-hybridized carbons (Fsp3) is 0.0769. The summed E-state index contributed by atoms with van der Waals surface area (Å²) in [6.45, 7) is 0. The molecule has 0 saturated heterocycles. The first-order chi connectivity index (χ1) is 8.38. The molecule has 0 nitrogen and oxygen atoms in total.